The normalized spacial score (nSPS) is 10.6. The summed E-state index contributed by atoms with van der Waals surface area (Å²) in [7, 11) is 1.63. The van der Waals surface area contributed by atoms with Crippen LogP contribution in [0.2, 0.25) is 10.3 Å². The van der Waals surface area contributed by atoms with Crippen LogP contribution in [0.15, 0.2) is 27.1 Å². The number of hydrogen-bond acceptors (Lipinski definition) is 3. The quantitative estimate of drug-likeness (QED) is 0.589. The Morgan fingerprint density at radius 2 is 1.81 bits per heavy atom. The van der Waals surface area contributed by atoms with Crippen molar-refractivity contribution in [2.24, 2.45) is 0 Å². The molecule has 0 atom stereocenters. The second-order valence-corrected chi connectivity index (χ2v) is 6.83. The zero-order valence-electron chi connectivity index (χ0n) is 11.3. The fraction of sp³-hybridized carbons (Fsp3) is 0.214. The molecule has 0 aliphatic heterocycles. The number of anilines is 1. The van der Waals surface area contributed by atoms with Gasteiger partial charge in [0, 0.05) is 6.54 Å². The van der Waals surface area contributed by atoms with E-state index in [0.29, 0.717) is 16.9 Å². The van der Waals surface area contributed by atoms with Crippen LogP contribution in [0.3, 0.4) is 0 Å². The Hall–Kier alpha value is -0.490. The first kappa shape index (κ1) is 16.9. The lowest BCUT2D eigenvalue weighted by atomic mass is 10.2. The predicted octanol–water partition coefficient (Wildman–Crippen LogP) is 5.84. The number of pyridine rings is 1. The van der Waals surface area contributed by atoms with Crippen molar-refractivity contribution >= 4 is 60.7 Å². The molecule has 0 amide bonds. The average molecular weight is 455 g/mol. The van der Waals surface area contributed by atoms with Gasteiger partial charge in [0.25, 0.3) is 0 Å². The summed E-state index contributed by atoms with van der Waals surface area (Å²) in [5.74, 6) is 0.765. The van der Waals surface area contributed by atoms with Gasteiger partial charge in [-0.2, -0.15) is 0 Å². The fourth-order valence-electron chi connectivity index (χ4n) is 1.91. The summed E-state index contributed by atoms with van der Waals surface area (Å²) in [6.45, 7) is 2.53. The van der Waals surface area contributed by atoms with Crippen LogP contribution in [0.4, 0.5) is 5.69 Å². The summed E-state index contributed by atoms with van der Waals surface area (Å²) in [5.41, 5.74) is 2.80. The molecule has 0 fully saturated rings. The van der Waals surface area contributed by atoms with Crippen molar-refractivity contribution in [3.05, 3.63) is 48.6 Å². The second kappa shape index (κ2) is 7.18. The lowest BCUT2D eigenvalue weighted by Gasteiger charge is -2.13. The number of hydrogen-bond donors (Lipinski definition) is 1. The van der Waals surface area contributed by atoms with Crippen molar-refractivity contribution in [3.8, 4) is 5.75 Å². The number of nitrogens with one attached hydrogen (secondary N) is 1. The van der Waals surface area contributed by atoms with E-state index in [4.69, 9.17) is 27.9 Å². The van der Waals surface area contributed by atoms with E-state index in [-0.39, 0.29) is 0 Å². The molecule has 0 aliphatic rings. The van der Waals surface area contributed by atoms with Crippen molar-refractivity contribution in [2.45, 2.75) is 13.5 Å². The third kappa shape index (κ3) is 4.03. The Balaban J connectivity index is 2.21. The molecule has 21 heavy (non-hydrogen) atoms. The molecule has 2 rings (SSSR count). The number of aromatic nitrogens is 1. The SMILES string of the molecule is COc1c(Br)cc(CNc2c(C)cc(Cl)nc2Cl)cc1Br. The molecule has 0 aliphatic carbocycles. The summed E-state index contributed by atoms with van der Waals surface area (Å²) >= 11 is 18.9. The molecular formula is C14H12Br2Cl2N2O. The molecule has 0 unspecified atom stereocenters. The highest BCUT2D eigenvalue weighted by Gasteiger charge is 2.10. The van der Waals surface area contributed by atoms with E-state index >= 15 is 0 Å². The van der Waals surface area contributed by atoms with Gasteiger partial charge in [0.15, 0.2) is 5.15 Å². The zero-order valence-corrected chi connectivity index (χ0v) is 16.0. The molecule has 0 saturated heterocycles. The average Bonchev–Trinajstić information content (AvgIpc) is 2.37. The molecule has 1 N–H and O–H groups in total. The van der Waals surface area contributed by atoms with Crippen LogP contribution in [0, 0.1) is 6.92 Å². The van der Waals surface area contributed by atoms with Crippen LogP contribution in [0.1, 0.15) is 11.1 Å². The van der Waals surface area contributed by atoms with Gasteiger partial charge in [0.05, 0.1) is 21.7 Å². The highest BCUT2D eigenvalue weighted by atomic mass is 79.9. The Morgan fingerprint density at radius 3 is 2.33 bits per heavy atom. The smallest absolute Gasteiger partial charge is 0.154 e. The van der Waals surface area contributed by atoms with Crippen LogP contribution in [0.25, 0.3) is 0 Å². The predicted molar refractivity (Wildman–Crippen MR) is 94.7 cm³/mol. The molecule has 112 valence electrons. The van der Waals surface area contributed by atoms with E-state index in [2.05, 4.69) is 42.2 Å². The number of halogens is 4. The van der Waals surface area contributed by atoms with E-state index < -0.39 is 0 Å². The van der Waals surface area contributed by atoms with Crippen molar-refractivity contribution in [2.75, 3.05) is 12.4 Å². The van der Waals surface area contributed by atoms with Gasteiger partial charge in [-0.25, -0.2) is 4.98 Å². The molecule has 7 heteroatoms. The van der Waals surface area contributed by atoms with Crippen molar-refractivity contribution in [3.63, 3.8) is 0 Å². The maximum absolute atomic E-state index is 6.11. The van der Waals surface area contributed by atoms with Gasteiger partial charge in [-0.1, -0.05) is 23.2 Å². The first-order valence-electron chi connectivity index (χ1n) is 6.00. The number of rotatable bonds is 4. The van der Waals surface area contributed by atoms with Crippen molar-refractivity contribution < 1.29 is 4.74 Å². The first-order chi connectivity index (χ1) is 9.92. The van der Waals surface area contributed by atoms with Gasteiger partial charge in [0.2, 0.25) is 0 Å². The highest BCUT2D eigenvalue weighted by Crippen LogP contribution is 2.35. The molecule has 3 nitrogen and oxygen atoms in total. The van der Waals surface area contributed by atoms with Gasteiger partial charge >= 0.3 is 0 Å². The van der Waals surface area contributed by atoms with Gasteiger partial charge in [-0.3, -0.25) is 0 Å². The van der Waals surface area contributed by atoms with Gasteiger partial charge < -0.3 is 10.1 Å². The van der Waals surface area contributed by atoms with Crippen LogP contribution >= 0.6 is 55.1 Å². The molecule has 0 bridgehead atoms. The van der Waals surface area contributed by atoms with E-state index in [1.165, 1.54) is 0 Å². The summed E-state index contributed by atoms with van der Waals surface area (Å²) in [6.07, 6.45) is 0. The van der Waals surface area contributed by atoms with E-state index in [9.17, 15) is 0 Å². The van der Waals surface area contributed by atoms with Gasteiger partial charge in [-0.05, 0) is 68.1 Å². The molecule has 1 heterocycles. The lowest BCUT2D eigenvalue weighted by Crippen LogP contribution is -2.03. The number of nitrogens with zero attached hydrogens (tertiary/aromatic N) is 1. The summed E-state index contributed by atoms with van der Waals surface area (Å²) in [6, 6.07) is 5.75. The number of aryl methyl sites for hydroxylation is 1. The minimum atomic E-state index is 0.367. The second-order valence-electron chi connectivity index (χ2n) is 4.37. The van der Waals surface area contributed by atoms with E-state index in [0.717, 1.165) is 31.5 Å². The first-order valence-corrected chi connectivity index (χ1v) is 8.35. The van der Waals surface area contributed by atoms with E-state index in [1.54, 1.807) is 13.2 Å². The largest absolute Gasteiger partial charge is 0.494 e. The standard InChI is InChI=1S/C14H12Br2Cl2N2O/c1-7-3-11(17)20-14(18)12(7)19-6-8-4-9(15)13(21-2)10(16)5-8/h3-5,19H,6H2,1-2H3. The summed E-state index contributed by atoms with van der Waals surface area (Å²) in [4.78, 5) is 4.04. The summed E-state index contributed by atoms with van der Waals surface area (Å²) in [5, 5.41) is 4.04. The van der Waals surface area contributed by atoms with Crippen LogP contribution < -0.4 is 10.1 Å². The van der Waals surface area contributed by atoms with Crippen LogP contribution in [-0.4, -0.2) is 12.1 Å². The minimum Gasteiger partial charge on any atom is -0.494 e. The number of benzene rings is 1. The number of ether oxygens (including phenoxy) is 1. The van der Waals surface area contributed by atoms with Crippen LogP contribution in [0.5, 0.6) is 5.75 Å². The topological polar surface area (TPSA) is 34.1 Å². The Morgan fingerprint density at radius 1 is 1.19 bits per heavy atom. The van der Waals surface area contributed by atoms with E-state index in [1.807, 2.05) is 19.1 Å². The number of methoxy groups -OCH3 is 1. The fourth-order valence-corrected chi connectivity index (χ4v) is 4.11. The molecule has 0 radical (unpaired) electrons. The highest BCUT2D eigenvalue weighted by molar-refractivity contribution is 9.11. The van der Waals surface area contributed by atoms with Crippen LogP contribution in [-0.2, 0) is 6.54 Å². The Bertz CT molecular complexity index is 634. The zero-order chi connectivity index (χ0) is 15.6. The molecule has 1 aromatic carbocycles. The molecular weight excluding hydrogens is 443 g/mol. The molecule has 0 spiro atoms. The van der Waals surface area contributed by atoms with Crippen molar-refractivity contribution in [1.29, 1.82) is 0 Å². The third-order valence-corrected chi connectivity index (χ3v) is 4.52. The Kier molecular flexibility index (Phi) is 5.77. The minimum absolute atomic E-state index is 0.367. The third-order valence-electron chi connectivity index (χ3n) is 2.87. The van der Waals surface area contributed by atoms with Crippen molar-refractivity contribution in [1.82, 2.24) is 4.98 Å². The summed E-state index contributed by atoms with van der Waals surface area (Å²) < 4.78 is 7.05. The van der Waals surface area contributed by atoms with Gasteiger partial charge in [-0.15, -0.1) is 0 Å². The Labute approximate surface area is 150 Å². The molecule has 1 aromatic heterocycles. The monoisotopic (exact) mass is 452 g/mol. The van der Waals surface area contributed by atoms with Gasteiger partial charge in [0.1, 0.15) is 10.9 Å². The molecule has 2 aromatic rings. The maximum atomic E-state index is 6.11. The lowest BCUT2D eigenvalue weighted by molar-refractivity contribution is 0.409. The maximum Gasteiger partial charge on any atom is 0.154 e. The molecule has 0 saturated carbocycles.